The van der Waals surface area contributed by atoms with E-state index in [2.05, 4.69) is 55.5 Å². The van der Waals surface area contributed by atoms with Crippen molar-refractivity contribution < 1.29 is 46.5 Å². The Morgan fingerprint density at radius 3 is 2.39 bits per heavy atom. The number of halogens is 2. The van der Waals surface area contributed by atoms with Crippen molar-refractivity contribution in [2.75, 3.05) is 0 Å². The summed E-state index contributed by atoms with van der Waals surface area (Å²) in [6.07, 6.45) is 17.4. The first-order valence-electron chi connectivity index (χ1n) is 7.76. The third kappa shape index (κ3) is 4.96. The molecule has 23 heavy (non-hydrogen) atoms. The summed E-state index contributed by atoms with van der Waals surface area (Å²) in [5.74, 6) is 0. The molecule has 0 bridgehead atoms. The molecule has 1 aromatic rings. The maximum Gasteiger partial charge on any atom is 4.00 e. The fourth-order valence-electron chi connectivity index (χ4n) is 3.49. The van der Waals surface area contributed by atoms with Gasteiger partial charge in [0.05, 0.1) is 0 Å². The smallest absolute Gasteiger partial charge is 1.00 e. The van der Waals surface area contributed by atoms with Gasteiger partial charge in [-0.25, -0.2) is 18.2 Å². The molecule has 1 aliphatic heterocycles. The van der Waals surface area contributed by atoms with Crippen LogP contribution in [0.15, 0.2) is 42.5 Å². The Bertz CT molecular complexity index is 547. The zero-order valence-electron chi connectivity index (χ0n) is 13.5. The van der Waals surface area contributed by atoms with Crippen LogP contribution >= 0.6 is 0 Å². The molecule has 1 unspecified atom stereocenters. The first-order chi connectivity index (χ1) is 9.86. The molecule has 120 valence electrons. The Kier molecular flexibility index (Phi) is 10.7. The van der Waals surface area contributed by atoms with Gasteiger partial charge in [-0.1, -0.05) is 55.2 Å². The van der Waals surface area contributed by atoms with Crippen molar-refractivity contribution in [1.29, 1.82) is 0 Å². The topological polar surface area (TPSA) is 0 Å². The van der Waals surface area contributed by atoms with Crippen LogP contribution in [0.25, 0.3) is 6.08 Å². The van der Waals surface area contributed by atoms with Crippen LogP contribution in [0.3, 0.4) is 0 Å². The molecule has 3 aliphatic rings. The van der Waals surface area contributed by atoms with Crippen molar-refractivity contribution >= 4 is 14.1 Å². The molecule has 0 aromatic heterocycles. The van der Waals surface area contributed by atoms with Crippen LogP contribution in [0.2, 0.25) is 18.1 Å². The molecule has 0 N–H and O–H groups in total. The summed E-state index contributed by atoms with van der Waals surface area (Å²) < 4.78 is 0. The second-order valence-corrected chi connectivity index (χ2v) is 11.0. The number of rotatable bonds is 2. The Morgan fingerprint density at radius 1 is 1.17 bits per heavy atom. The SMILES string of the molecule is CC[Si]1(C2[C-]=Cc3ccccc32)CCC1.[C-]1=CC=CC1.[Cl-].[Cl-].[Ti+4]. The first kappa shape index (κ1) is 23.0. The van der Waals surface area contributed by atoms with Crippen molar-refractivity contribution in [3.8, 4) is 0 Å². The van der Waals surface area contributed by atoms with Crippen molar-refractivity contribution in [2.45, 2.75) is 43.4 Å². The largest absolute Gasteiger partial charge is 4.00 e. The van der Waals surface area contributed by atoms with Gasteiger partial charge in [0.1, 0.15) is 0 Å². The van der Waals surface area contributed by atoms with E-state index in [0.717, 1.165) is 6.42 Å². The van der Waals surface area contributed by atoms with E-state index in [1.807, 2.05) is 12.2 Å². The second kappa shape index (κ2) is 10.7. The van der Waals surface area contributed by atoms with Gasteiger partial charge in [-0.05, 0) is 0 Å². The van der Waals surface area contributed by atoms with Gasteiger partial charge in [0, 0.05) is 8.07 Å². The number of allylic oxidation sites excluding steroid dienone is 5. The first-order valence-corrected chi connectivity index (χ1v) is 10.5. The zero-order valence-corrected chi connectivity index (χ0v) is 17.6. The summed E-state index contributed by atoms with van der Waals surface area (Å²) in [5, 5.41) is 0. The maximum absolute atomic E-state index is 3.65. The molecule has 2 aliphatic carbocycles. The van der Waals surface area contributed by atoms with E-state index in [4.69, 9.17) is 0 Å². The molecule has 0 nitrogen and oxygen atoms in total. The minimum atomic E-state index is -0.977. The summed E-state index contributed by atoms with van der Waals surface area (Å²) >= 11 is 0. The number of hydrogen-bond donors (Lipinski definition) is 0. The van der Waals surface area contributed by atoms with Crippen molar-refractivity contribution in [3.63, 3.8) is 0 Å². The van der Waals surface area contributed by atoms with E-state index >= 15 is 0 Å². The van der Waals surface area contributed by atoms with Gasteiger partial charge in [0.15, 0.2) is 0 Å². The molecule has 0 spiro atoms. The number of fused-ring (bicyclic) bond motifs is 1. The average Bonchev–Trinajstić information content (AvgIpc) is 3.11. The second-order valence-electron chi connectivity index (χ2n) is 5.95. The third-order valence-electron chi connectivity index (χ3n) is 4.96. The number of benzene rings is 1. The molecule has 1 saturated heterocycles. The van der Waals surface area contributed by atoms with Crippen LogP contribution < -0.4 is 24.8 Å². The maximum atomic E-state index is 3.65. The molecule has 0 saturated carbocycles. The van der Waals surface area contributed by atoms with Gasteiger partial charge < -0.3 is 24.8 Å². The van der Waals surface area contributed by atoms with E-state index < -0.39 is 8.07 Å². The summed E-state index contributed by atoms with van der Waals surface area (Å²) in [5.41, 5.74) is 3.72. The zero-order chi connectivity index (χ0) is 13.8. The van der Waals surface area contributed by atoms with Gasteiger partial charge in [-0.15, -0.1) is 18.1 Å². The van der Waals surface area contributed by atoms with E-state index in [9.17, 15) is 0 Å². The van der Waals surface area contributed by atoms with Crippen LogP contribution in [0, 0.1) is 12.2 Å². The van der Waals surface area contributed by atoms with Crippen LogP contribution in [-0.4, -0.2) is 8.07 Å². The summed E-state index contributed by atoms with van der Waals surface area (Å²) in [6.45, 7) is 2.40. The average molecular weight is 397 g/mol. The van der Waals surface area contributed by atoms with Crippen molar-refractivity contribution in [1.82, 2.24) is 0 Å². The normalized spacial score (nSPS) is 20.8. The molecular weight excluding hydrogens is 375 g/mol. The molecule has 4 heteroatoms. The molecule has 1 fully saturated rings. The van der Waals surface area contributed by atoms with Gasteiger partial charge in [0.25, 0.3) is 0 Å². The third-order valence-corrected chi connectivity index (χ3v) is 10.8. The predicted molar refractivity (Wildman–Crippen MR) is 88.9 cm³/mol. The Labute approximate surface area is 169 Å². The van der Waals surface area contributed by atoms with E-state index in [0.29, 0.717) is 5.54 Å². The van der Waals surface area contributed by atoms with E-state index in [-0.39, 0.29) is 46.5 Å². The molecular formula is C19H22Cl2SiTi. The van der Waals surface area contributed by atoms with E-state index in [1.165, 1.54) is 30.1 Å². The monoisotopic (exact) mass is 396 g/mol. The van der Waals surface area contributed by atoms with E-state index in [1.54, 1.807) is 5.56 Å². The van der Waals surface area contributed by atoms with Crippen LogP contribution in [-0.2, 0) is 21.7 Å². The van der Waals surface area contributed by atoms with Gasteiger partial charge in [-0.2, -0.15) is 11.6 Å². The minimum Gasteiger partial charge on any atom is -1.00 e. The molecule has 4 rings (SSSR count). The van der Waals surface area contributed by atoms with Gasteiger partial charge in [-0.3, -0.25) is 12.2 Å². The molecule has 1 aromatic carbocycles. The summed E-state index contributed by atoms with van der Waals surface area (Å²) in [7, 11) is -0.977. The Balaban J connectivity index is 0.000000529. The van der Waals surface area contributed by atoms with Crippen LogP contribution in [0.4, 0.5) is 0 Å². The Morgan fingerprint density at radius 2 is 1.91 bits per heavy atom. The number of hydrogen-bond acceptors (Lipinski definition) is 0. The molecule has 0 radical (unpaired) electrons. The minimum absolute atomic E-state index is 0. The van der Waals surface area contributed by atoms with Crippen molar-refractivity contribution in [3.05, 3.63) is 65.8 Å². The fourth-order valence-corrected chi connectivity index (χ4v) is 7.81. The standard InChI is InChI=1S/C14H17Si.C5H5.2ClH.Ti/c1-2-15(10-5-11-15)14-9-8-12-6-3-4-7-13(12)14;1-2-4-5-3-1;;;/h3-4,6-8,14H,2,5,10-11H2,1H3;1-3H,4H2;2*1H;/q2*-1;;;+4/p-2. The van der Waals surface area contributed by atoms with Gasteiger partial charge >= 0.3 is 21.7 Å². The molecule has 1 atom stereocenters. The van der Waals surface area contributed by atoms with Crippen molar-refractivity contribution in [2.24, 2.45) is 0 Å². The quantitative estimate of drug-likeness (QED) is 0.459. The molecule has 1 heterocycles. The fraction of sp³-hybridized carbons (Fsp3) is 0.368. The van der Waals surface area contributed by atoms with Gasteiger partial charge in [0.2, 0.25) is 0 Å². The van der Waals surface area contributed by atoms with Crippen LogP contribution in [0.1, 0.15) is 36.4 Å². The summed E-state index contributed by atoms with van der Waals surface area (Å²) in [6, 6.07) is 13.4. The summed E-state index contributed by atoms with van der Waals surface area (Å²) in [4.78, 5) is 0. The Hall–Kier alpha value is -0.0488. The predicted octanol–water partition coefficient (Wildman–Crippen LogP) is -0.677. The molecule has 0 amide bonds. The van der Waals surface area contributed by atoms with Crippen LogP contribution in [0.5, 0.6) is 0 Å².